The van der Waals surface area contributed by atoms with Crippen LogP contribution < -0.4 is 21.0 Å². The van der Waals surface area contributed by atoms with Crippen molar-refractivity contribution in [3.05, 3.63) is 348 Å². The summed E-state index contributed by atoms with van der Waals surface area (Å²) in [6, 6.07) is 92.6. The van der Waals surface area contributed by atoms with Gasteiger partial charge in [-0.05, 0) is 73.8 Å². The summed E-state index contributed by atoms with van der Waals surface area (Å²) in [4.78, 5) is 30.4. The molecule has 0 saturated carbocycles. The average Bonchev–Trinajstić information content (AvgIpc) is 1.24. The zero-order valence-corrected chi connectivity index (χ0v) is 79.8. The van der Waals surface area contributed by atoms with Crippen molar-refractivity contribution in [3.63, 3.8) is 0 Å². The fourth-order valence-electron chi connectivity index (χ4n) is 17.4. The van der Waals surface area contributed by atoms with Gasteiger partial charge in [-0.25, -0.2) is 0 Å². The number of rotatable bonds is 40. The molecule has 23 nitrogen and oxygen atoms in total. The van der Waals surface area contributed by atoms with Crippen molar-refractivity contribution in [2.24, 2.45) is 0 Å². The molecule has 15 rings (SSSR count). The van der Waals surface area contributed by atoms with Gasteiger partial charge in [0.05, 0.1) is 79.3 Å². The number of amides is 2. The van der Waals surface area contributed by atoms with E-state index < -0.39 is 161 Å². The summed E-state index contributed by atoms with van der Waals surface area (Å²) < 4.78 is 125. The number of hydrogen-bond donors (Lipinski definition) is 3. The van der Waals surface area contributed by atoms with Crippen molar-refractivity contribution < 1.29 is 99.6 Å². The molecular weight excluding hydrogens is 1840 g/mol. The number of alkyl halides is 6. The third-order valence-corrected chi connectivity index (χ3v) is 29.8. The molecule has 10 aromatic rings. The number of hydrogen-bond acceptors (Lipinski definition) is 21. The maximum atomic E-state index is 15.3. The Labute approximate surface area is 807 Å². The van der Waals surface area contributed by atoms with Crippen molar-refractivity contribution in [1.82, 2.24) is 10.6 Å². The Bertz CT molecular complexity index is 5130. The normalized spacial score (nSPS) is 26.7. The van der Waals surface area contributed by atoms with Gasteiger partial charge in [-0.2, -0.15) is 0 Å². The zero-order chi connectivity index (χ0) is 93.0. The molecule has 30 heteroatoms. The number of benzene rings is 10. The van der Waals surface area contributed by atoms with Crippen LogP contribution in [0.3, 0.4) is 0 Å². The lowest BCUT2D eigenvalue weighted by Crippen LogP contribution is -2.74. The molecule has 0 bridgehead atoms. The van der Waals surface area contributed by atoms with E-state index in [0.29, 0.717) is 16.7 Å². The van der Waals surface area contributed by atoms with Crippen LogP contribution in [0.5, 0.6) is 0 Å². The molecule has 0 aromatic heterocycles. The van der Waals surface area contributed by atoms with E-state index >= 15 is 9.59 Å². The monoisotopic (exact) mass is 1950 g/mol. The molecule has 5 fully saturated rings. The summed E-state index contributed by atoms with van der Waals surface area (Å²) in [6.45, 7) is 9.03. The van der Waals surface area contributed by atoms with E-state index in [-0.39, 0.29) is 79.3 Å². The van der Waals surface area contributed by atoms with Crippen LogP contribution in [-0.2, 0) is 147 Å². The molecule has 5 heterocycles. The lowest BCUT2D eigenvalue weighted by molar-refractivity contribution is -0.384. The lowest BCUT2D eigenvalue weighted by Gasteiger charge is -2.53. The van der Waals surface area contributed by atoms with Gasteiger partial charge in [-0.15, -0.1) is 0 Å². The fraction of sp³-hybridized carbons (Fsp3) is 0.398. The van der Waals surface area contributed by atoms with E-state index in [1.165, 1.54) is 0 Å². The zero-order valence-electron chi connectivity index (χ0n) is 74.3. The summed E-state index contributed by atoms with van der Waals surface area (Å²) in [5.41, 5.74) is 6.23. The van der Waals surface area contributed by atoms with Crippen molar-refractivity contribution >= 4 is 100 Å². The Kier molecular flexibility index (Phi) is 35.4. The molecule has 0 unspecified atom stereocenters. The van der Waals surface area contributed by atoms with E-state index in [0.717, 1.165) is 38.2 Å². The van der Waals surface area contributed by atoms with Crippen LogP contribution in [0.1, 0.15) is 79.1 Å². The van der Waals surface area contributed by atoms with Gasteiger partial charge in [0.25, 0.3) is 27.7 Å². The first-order valence-electron chi connectivity index (χ1n) is 44.6. The van der Waals surface area contributed by atoms with Crippen LogP contribution in [0.25, 0.3) is 0 Å². The Hall–Kier alpha value is -7.66. The SMILES string of the molecule is CC1(C)O[C@H]2[C@@H](O1)[C@@H](COCc1ccccc1)O[C@@H](O[C@H]1[C@H](OCc3ccccc3)[C@@H](NC(=O)C(Cl)(Cl)Cl)[C@H](O[C@H]3[C@@H](O)[C@@H](COCc4ccccc4)O[C@@H](O[C@H]4[C@H](OCc5ccccc5)[C@@H](NC(=O)C(Cl)(Cl)Cl)[C@H](O[Si](c5ccccc5)(c5ccccc5)C(C)(C)C)O[C@@H]4COCc4ccccc4)[C@@H]3OCc3ccccc3)O[C@@H]1COCc1ccccc1)[C@@H]2OCc1ccccc1. The smallest absolute Gasteiger partial charge is 0.272 e. The molecular formula is C103H112Cl6N2O21Si. The molecule has 0 spiro atoms. The number of ether oxygens (including phenoxy) is 17. The fourth-order valence-corrected chi connectivity index (χ4v) is 22.3. The summed E-state index contributed by atoms with van der Waals surface area (Å²) in [7, 11) is -3.78. The minimum atomic E-state index is -3.78. The molecule has 10 aromatic carbocycles. The van der Waals surface area contributed by atoms with E-state index in [4.69, 9.17) is 155 Å². The molecule has 5 aliphatic heterocycles. The Morgan fingerprint density at radius 1 is 0.331 bits per heavy atom. The van der Waals surface area contributed by atoms with Gasteiger partial charge in [-0.1, -0.05) is 394 Å². The largest absolute Gasteiger partial charge is 0.387 e. The minimum Gasteiger partial charge on any atom is -0.387 e. The summed E-state index contributed by atoms with van der Waals surface area (Å²) in [5, 5.41) is 21.0. The van der Waals surface area contributed by atoms with E-state index in [2.05, 4.69) is 31.4 Å². The number of carbonyl (C=O) groups excluding carboxylic acids is 2. The predicted molar refractivity (Wildman–Crippen MR) is 507 cm³/mol. The Morgan fingerprint density at radius 2 is 0.602 bits per heavy atom. The number of aliphatic hydroxyl groups excluding tert-OH is 1. The summed E-state index contributed by atoms with van der Waals surface area (Å²) in [5.74, 6) is -3.38. The van der Waals surface area contributed by atoms with Gasteiger partial charge < -0.3 is 101 Å². The first kappa shape index (κ1) is 99.8. The standard InChI is InChI=1S/C103H112Cl6N2O21Si/c1-100(2,3)133(76-52-32-14-33-53-76,77-54-34-15-35-55-77)132-95-83(111-99(114)103(107,108)109)89(120-61-73-46-26-11-27-47-73)86(80(125-95)66-117-58-70-40-20-8-21-41-70)127-96-92(121-62-74-48-28-12-29-49-74)90(84(112)78(123-96)64-115-56-68-36-16-6-17-37-68)129-94-82(110-98(113)102(104,105)106)88(119-60-72-44-24-10-25-45-72)85(79(124-94)65-116-57-69-38-18-7-19-39-69)128-97-93(122-63-75-50-30-13-31-51-75)91-87(130-101(4,5)131-91)81(126-97)67-118-59-71-42-22-9-23-43-71/h6-55,78-97,112H,56-67H2,1-5H3,(H,110,113)(H,111,114)/t78-,79-,80-,81-,82-,83-,84+,85-,86-,87+,88-,89-,90+,91+,92-,93-,94+,95+,96+,97+/m1/s1. The molecule has 0 radical (unpaired) electrons. The van der Waals surface area contributed by atoms with E-state index in [1.807, 2.05) is 317 Å². The second kappa shape index (κ2) is 47.1. The predicted octanol–water partition coefficient (Wildman–Crippen LogP) is 16.4. The van der Waals surface area contributed by atoms with Crippen LogP contribution in [0, 0.1) is 0 Å². The molecule has 5 aliphatic rings. The highest BCUT2D eigenvalue weighted by Crippen LogP contribution is 2.46. The molecule has 0 aliphatic carbocycles. The molecule has 133 heavy (non-hydrogen) atoms. The molecule has 706 valence electrons. The maximum absolute atomic E-state index is 15.3. The second-order valence-corrected chi connectivity index (χ2v) is 43.7. The van der Waals surface area contributed by atoms with Gasteiger partial charge in [0.15, 0.2) is 30.9 Å². The van der Waals surface area contributed by atoms with Gasteiger partial charge >= 0.3 is 0 Å². The molecule has 2 amide bonds. The van der Waals surface area contributed by atoms with Crippen LogP contribution in [0.4, 0.5) is 0 Å². The van der Waals surface area contributed by atoms with E-state index in [9.17, 15) is 5.11 Å². The number of carbonyl (C=O) groups is 2. The van der Waals surface area contributed by atoms with Crippen molar-refractivity contribution in [1.29, 1.82) is 0 Å². The molecule has 5 saturated heterocycles. The molecule has 3 N–H and O–H groups in total. The van der Waals surface area contributed by atoms with Crippen LogP contribution in [-0.4, -0.2) is 188 Å². The maximum Gasteiger partial charge on any atom is 0.272 e. The number of nitrogens with one attached hydrogen (secondary N) is 2. The van der Waals surface area contributed by atoms with Gasteiger partial charge in [0.1, 0.15) is 97.5 Å². The van der Waals surface area contributed by atoms with Crippen LogP contribution in [0.2, 0.25) is 5.04 Å². The van der Waals surface area contributed by atoms with Gasteiger partial charge in [-0.3, -0.25) is 9.59 Å². The topological polar surface area (TPSA) is 245 Å². The average molecular weight is 1950 g/mol. The number of halogens is 6. The first-order chi connectivity index (χ1) is 64.3. The highest BCUT2D eigenvalue weighted by Gasteiger charge is 2.63. The van der Waals surface area contributed by atoms with Crippen LogP contribution in [0.15, 0.2) is 303 Å². The van der Waals surface area contributed by atoms with Crippen molar-refractivity contribution in [3.8, 4) is 0 Å². The quantitative estimate of drug-likeness (QED) is 0.0239. The molecule has 20 atom stereocenters. The third-order valence-electron chi connectivity index (χ3n) is 23.8. The highest BCUT2D eigenvalue weighted by molar-refractivity contribution is 6.99. The first-order valence-corrected chi connectivity index (χ1v) is 48.7. The number of aliphatic hydroxyl groups is 1. The van der Waals surface area contributed by atoms with Crippen molar-refractivity contribution in [2.75, 3.05) is 26.4 Å². The third kappa shape index (κ3) is 26.6. The van der Waals surface area contributed by atoms with Gasteiger partial charge in [0, 0.05) is 0 Å². The Balaban J connectivity index is 0.886. The minimum absolute atomic E-state index is 0.00904. The Morgan fingerprint density at radius 3 is 0.955 bits per heavy atom. The van der Waals surface area contributed by atoms with Crippen molar-refractivity contribution in [2.45, 2.75) is 229 Å². The number of fused-ring (bicyclic) bond motifs is 1. The van der Waals surface area contributed by atoms with E-state index in [1.54, 1.807) is 0 Å². The second-order valence-electron chi connectivity index (χ2n) is 34.9. The summed E-state index contributed by atoms with van der Waals surface area (Å²) >= 11 is 40.5. The van der Waals surface area contributed by atoms with Crippen LogP contribution >= 0.6 is 69.6 Å². The highest BCUT2D eigenvalue weighted by atomic mass is 35.6. The summed E-state index contributed by atoms with van der Waals surface area (Å²) in [6.07, 6.45) is -25.0. The van der Waals surface area contributed by atoms with Gasteiger partial charge in [0.2, 0.25) is 0 Å². The lowest BCUT2D eigenvalue weighted by atomic mass is 9.93.